The molecule has 1 heterocycles. The summed E-state index contributed by atoms with van der Waals surface area (Å²) >= 11 is 0. The fraction of sp³-hybridized carbons (Fsp3) is 0.632. The normalized spacial score (nSPS) is 34.1. The number of hydrogen-bond acceptors (Lipinski definition) is 3. The van der Waals surface area contributed by atoms with Gasteiger partial charge in [0.1, 0.15) is 11.5 Å². The zero-order valence-corrected chi connectivity index (χ0v) is 13.3. The Balaban J connectivity index is 1.83. The molecule has 0 spiro atoms. The van der Waals surface area contributed by atoms with Gasteiger partial charge in [-0.05, 0) is 68.0 Å². The van der Waals surface area contributed by atoms with Crippen molar-refractivity contribution in [2.45, 2.75) is 56.9 Å². The van der Waals surface area contributed by atoms with Gasteiger partial charge < -0.3 is 5.11 Å². The van der Waals surface area contributed by atoms with Crippen molar-refractivity contribution in [3.63, 3.8) is 0 Å². The largest absolute Gasteiger partial charge is 0.508 e. The minimum absolute atomic E-state index is 0.134. The average Bonchev–Trinajstić information content (AvgIpc) is 2.51. The van der Waals surface area contributed by atoms with Crippen molar-refractivity contribution >= 4 is 5.78 Å². The molecule has 3 atom stereocenters. The lowest BCUT2D eigenvalue weighted by molar-refractivity contribution is -0.127. The summed E-state index contributed by atoms with van der Waals surface area (Å²) < 4.78 is 0. The van der Waals surface area contributed by atoms with Gasteiger partial charge in [0.15, 0.2) is 0 Å². The third-order valence-corrected chi connectivity index (χ3v) is 6.36. The molecule has 1 saturated heterocycles. The number of Topliss-reactive ketones (excluding diaryl/α,β-unsaturated/α-hetero) is 1. The summed E-state index contributed by atoms with van der Waals surface area (Å²) in [7, 11) is 0. The molecule has 1 aliphatic heterocycles. The first-order valence-corrected chi connectivity index (χ1v) is 8.72. The number of carbonyl (C=O) groups excluding carboxylic acids is 1. The van der Waals surface area contributed by atoms with Crippen LogP contribution in [0.1, 0.15) is 50.2 Å². The molecule has 0 aromatic heterocycles. The topological polar surface area (TPSA) is 40.5 Å². The number of benzene rings is 1. The number of hydrogen-bond donors (Lipinski definition) is 1. The van der Waals surface area contributed by atoms with Crippen LogP contribution in [0.2, 0.25) is 0 Å². The molecule has 1 N–H and O–H groups in total. The highest BCUT2D eigenvalue weighted by Crippen LogP contribution is 2.55. The second-order valence-corrected chi connectivity index (χ2v) is 7.40. The Kier molecular flexibility index (Phi) is 3.30. The van der Waals surface area contributed by atoms with E-state index in [0.29, 0.717) is 29.9 Å². The zero-order chi connectivity index (χ0) is 15.3. The Morgan fingerprint density at radius 1 is 1.32 bits per heavy atom. The maximum Gasteiger partial charge on any atom is 0.133 e. The van der Waals surface area contributed by atoms with Crippen molar-refractivity contribution in [1.82, 2.24) is 4.90 Å². The van der Waals surface area contributed by atoms with E-state index in [1.165, 1.54) is 17.5 Å². The van der Waals surface area contributed by atoms with Gasteiger partial charge in [-0.25, -0.2) is 0 Å². The zero-order valence-electron chi connectivity index (χ0n) is 13.3. The summed E-state index contributed by atoms with van der Waals surface area (Å²) in [5.41, 5.74) is 2.88. The van der Waals surface area contributed by atoms with Crippen molar-refractivity contribution < 1.29 is 9.90 Å². The first-order valence-electron chi connectivity index (χ1n) is 8.72. The van der Waals surface area contributed by atoms with Crippen LogP contribution in [0.5, 0.6) is 5.75 Å². The lowest BCUT2D eigenvalue weighted by Crippen LogP contribution is -2.61. The number of rotatable bonds is 2. The number of piperidine rings is 1. The summed E-state index contributed by atoms with van der Waals surface area (Å²) in [5, 5.41) is 9.98. The Hall–Kier alpha value is -1.35. The van der Waals surface area contributed by atoms with Crippen LogP contribution < -0.4 is 0 Å². The van der Waals surface area contributed by atoms with Crippen LogP contribution in [0.3, 0.4) is 0 Å². The minimum Gasteiger partial charge on any atom is -0.508 e. The first kappa shape index (κ1) is 14.3. The standard InChI is InChI=1S/C19H25NO2/c1-2-8-20-9-7-19-6-5-15(22)12-17(19)18(20)10-13-3-4-14(21)11-16(13)19/h3-4,11,17-18,21H,2,5-10,12H2,1H3/t17-,18+,19-/m0/s1. The molecular weight excluding hydrogens is 274 g/mol. The summed E-state index contributed by atoms with van der Waals surface area (Å²) in [6, 6.07) is 6.43. The summed E-state index contributed by atoms with van der Waals surface area (Å²) in [4.78, 5) is 14.7. The van der Waals surface area contributed by atoms with E-state index >= 15 is 0 Å². The molecule has 118 valence electrons. The Morgan fingerprint density at radius 3 is 3.00 bits per heavy atom. The summed E-state index contributed by atoms with van der Waals surface area (Å²) in [6.07, 6.45) is 5.77. The van der Waals surface area contributed by atoms with Gasteiger partial charge in [0.05, 0.1) is 0 Å². The van der Waals surface area contributed by atoms with E-state index in [1.807, 2.05) is 12.1 Å². The van der Waals surface area contributed by atoms with Gasteiger partial charge in [-0.2, -0.15) is 0 Å². The first-order chi connectivity index (χ1) is 10.6. The van der Waals surface area contributed by atoms with Crippen molar-refractivity contribution in [2.75, 3.05) is 13.1 Å². The van der Waals surface area contributed by atoms with Gasteiger partial charge in [-0.1, -0.05) is 13.0 Å². The van der Waals surface area contributed by atoms with Crippen LogP contribution in [-0.2, 0) is 16.6 Å². The van der Waals surface area contributed by atoms with E-state index < -0.39 is 0 Å². The molecule has 22 heavy (non-hydrogen) atoms. The van der Waals surface area contributed by atoms with Gasteiger partial charge >= 0.3 is 0 Å². The van der Waals surface area contributed by atoms with E-state index in [0.717, 1.165) is 38.8 Å². The summed E-state index contributed by atoms with van der Waals surface area (Å²) in [6.45, 7) is 4.51. The van der Waals surface area contributed by atoms with Gasteiger partial charge in [0.2, 0.25) is 0 Å². The van der Waals surface area contributed by atoms with Crippen LogP contribution in [0, 0.1) is 5.92 Å². The van der Waals surface area contributed by atoms with E-state index in [-0.39, 0.29) is 5.41 Å². The van der Waals surface area contributed by atoms with Gasteiger partial charge in [-0.3, -0.25) is 9.69 Å². The number of phenolic OH excluding ortho intramolecular Hbond substituents is 1. The molecule has 2 fully saturated rings. The van der Waals surface area contributed by atoms with Crippen LogP contribution in [-0.4, -0.2) is 34.9 Å². The molecule has 2 bridgehead atoms. The van der Waals surface area contributed by atoms with Crippen molar-refractivity contribution in [3.05, 3.63) is 29.3 Å². The van der Waals surface area contributed by atoms with Gasteiger partial charge in [-0.15, -0.1) is 0 Å². The Bertz CT molecular complexity index is 611. The van der Waals surface area contributed by atoms with E-state index in [1.54, 1.807) is 0 Å². The Morgan fingerprint density at radius 2 is 2.18 bits per heavy atom. The number of phenols is 1. The molecular formula is C19H25NO2. The lowest BCUT2D eigenvalue weighted by Gasteiger charge is -2.58. The van der Waals surface area contributed by atoms with E-state index in [2.05, 4.69) is 17.9 Å². The number of ketones is 1. The monoisotopic (exact) mass is 299 g/mol. The predicted molar refractivity (Wildman–Crippen MR) is 86.1 cm³/mol. The Labute approximate surface area is 132 Å². The number of carbonyl (C=O) groups is 1. The quantitative estimate of drug-likeness (QED) is 0.912. The second-order valence-electron chi connectivity index (χ2n) is 7.40. The molecule has 3 heteroatoms. The highest BCUT2D eigenvalue weighted by Gasteiger charge is 2.55. The number of fused-ring (bicyclic) bond motifs is 1. The smallest absolute Gasteiger partial charge is 0.133 e. The third-order valence-electron chi connectivity index (χ3n) is 6.36. The molecule has 1 aromatic rings. The van der Waals surface area contributed by atoms with Crippen LogP contribution >= 0.6 is 0 Å². The SMILES string of the molecule is CCCN1CC[C@]23CCC(=O)C[C@H]2[C@H]1Cc1ccc(O)cc13. The van der Waals surface area contributed by atoms with Crippen molar-refractivity contribution in [3.8, 4) is 5.75 Å². The van der Waals surface area contributed by atoms with Crippen LogP contribution in [0.4, 0.5) is 0 Å². The molecule has 0 unspecified atom stereocenters. The second kappa shape index (κ2) is 5.09. The number of likely N-dealkylation sites (tertiary alicyclic amines) is 1. The van der Waals surface area contributed by atoms with Crippen LogP contribution in [0.15, 0.2) is 18.2 Å². The maximum absolute atomic E-state index is 12.1. The third kappa shape index (κ3) is 1.95. The van der Waals surface area contributed by atoms with E-state index in [4.69, 9.17) is 0 Å². The highest BCUT2D eigenvalue weighted by atomic mass is 16.3. The molecule has 0 amide bonds. The molecule has 3 nitrogen and oxygen atoms in total. The fourth-order valence-corrected chi connectivity index (χ4v) is 5.41. The fourth-order valence-electron chi connectivity index (χ4n) is 5.41. The van der Waals surface area contributed by atoms with Crippen molar-refractivity contribution in [1.29, 1.82) is 0 Å². The predicted octanol–water partition coefficient (Wildman–Crippen LogP) is 3.04. The van der Waals surface area contributed by atoms with Gasteiger partial charge in [0.25, 0.3) is 0 Å². The summed E-state index contributed by atoms with van der Waals surface area (Å²) in [5.74, 6) is 1.26. The number of nitrogens with zero attached hydrogens (tertiary/aromatic N) is 1. The maximum atomic E-state index is 12.1. The minimum atomic E-state index is 0.134. The lowest BCUT2D eigenvalue weighted by atomic mass is 9.52. The molecule has 0 radical (unpaired) electrons. The molecule has 3 aliphatic rings. The molecule has 1 saturated carbocycles. The molecule has 4 rings (SSSR count). The van der Waals surface area contributed by atoms with Crippen molar-refractivity contribution in [2.24, 2.45) is 5.92 Å². The number of aromatic hydroxyl groups is 1. The molecule has 1 aromatic carbocycles. The van der Waals surface area contributed by atoms with Crippen LogP contribution in [0.25, 0.3) is 0 Å². The van der Waals surface area contributed by atoms with Gasteiger partial charge in [0, 0.05) is 24.3 Å². The van der Waals surface area contributed by atoms with E-state index in [9.17, 15) is 9.90 Å². The average molecular weight is 299 g/mol. The molecule has 2 aliphatic carbocycles. The highest BCUT2D eigenvalue weighted by molar-refractivity contribution is 5.80.